The molecule has 0 N–H and O–H groups in total. The largest absolute Gasteiger partial charge is 0.225 e. The molecule has 0 saturated heterocycles. The molecule has 0 radical (unpaired) electrons. The van der Waals surface area contributed by atoms with Crippen LogP contribution in [0.5, 0.6) is 0 Å². The molecule has 3 aromatic rings. The van der Waals surface area contributed by atoms with Crippen molar-refractivity contribution in [2.75, 3.05) is 0 Å². The molecule has 5 nitrogen and oxygen atoms in total. The van der Waals surface area contributed by atoms with Crippen molar-refractivity contribution in [2.45, 2.75) is 40.0 Å². The Morgan fingerprint density at radius 3 is 3.00 bits per heavy atom. The van der Waals surface area contributed by atoms with Gasteiger partial charge in [-0.05, 0) is 46.6 Å². The third kappa shape index (κ3) is 1.67. The second-order valence-electron chi connectivity index (χ2n) is 6.68. The standard InChI is InChI=1S/C14H17N5S/c1-14(2,3)8-4-5-9-10(6-8)20-13-11(9)12-16-17-18-19(12)7-15-13/h7-8H,4-6H2,1-3H3/t8-/m1/s1. The summed E-state index contributed by atoms with van der Waals surface area (Å²) in [5, 5.41) is 13.0. The van der Waals surface area contributed by atoms with Crippen LogP contribution in [0.3, 0.4) is 0 Å². The van der Waals surface area contributed by atoms with Crippen LogP contribution in [-0.2, 0) is 12.8 Å². The maximum absolute atomic E-state index is 4.51. The smallest absolute Gasteiger partial charge is 0.191 e. The van der Waals surface area contributed by atoms with Gasteiger partial charge in [-0.2, -0.15) is 4.52 Å². The van der Waals surface area contributed by atoms with E-state index in [1.807, 2.05) is 11.3 Å². The summed E-state index contributed by atoms with van der Waals surface area (Å²) in [5.41, 5.74) is 2.65. The van der Waals surface area contributed by atoms with Crippen molar-refractivity contribution in [2.24, 2.45) is 11.3 Å². The lowest BCUT2D eigenvalue weighted by atomic mass is 9.72. The minimum Gasteiger partial charge on any atom is -0.225 e. The van der Waals surface area contributed by atoms with E-state index in [2.05, 4.69) is 41.3 Å². The van der Waals surface area contributed by atoms with Gasteiger partial charge in [0.25, 0.3) is 0 Å². The first-order valence-corrected chi connectivity index (χ1v) is 7.82. The highest BCUT2D eigenvalue weighted by Crippen LogP contribution is 2.43. The van der Waals surface area contributed by atoms with Crippen molar-refractivity contribution in [1.29, 1.82) is 0 Å². The predicted octanol–water partition coefficient (Wildman–Crippen LogP) is 2.89. The van der Waals surface area contributed by atoms with E-state index < -0.39 is 0 Å². The van der Waals surface area contributed by atoms with Crippen molar-refractivity contribution in [1.82, 2.24) is 25.0 Å². The highest BCUT2D eigenvalue weighted by Gasteiger charge is 2.31. The summed E-state index contributed by atoms with van der Waals surface area (Å²) >= 11 is 1.82. The Balaban J connectivity index is 1.91. The molecule has 0 amide bonds. The van der Waals surface area contributed by atoms with Crippen LogP contribution in [0, 0.1) is 11.3 Å². The van der Waals surface area contributed by atoms with Crippen LogP contribution in [0.4, 0.5) is 0 Å². The van der Waals surface area contributed by atoms with Gasteiger partial charge in [0.15, 0.2) is 5.65 Å². The summed E-state index contributed by atoms with van der Waals surface area (Å²) in [5.74, 6) is 0.745. The van der Waals surface area contributed by atoms with Gasteiger partial charge in [0, 0.05) is 4.88 Å². The van der Waals surface area contributed by atoms with Crippen molar-refractivity contribution in [3.05, 3.63) is 16.8 Å². The number of hydrogen-bond acceptors (Lipinski definition) is 5. The molecule has 0 saturated carbocycles. The molecule has 0 unspecified atom stereocenters. The Hall–Kier alpha value is -1.56. The third-order valence-corrected chi connectivity index (χ3v) is 5.63. The Morgan fingerprint density at radius 1 is 1.35 bits per heavy atom. The summed E-state index contributed by atoms with van der Waals surface area (Å²) in [6.45, 7) is 7.03. The molecule has 104 valence electrons. The average Bonchev–Trinajstić information content (AvgIpc) is 2.99. The normalized spacial score (nSPS) is 19.6. The molecule has 1 aliphatic rings. The third-order valence-electron chi connectivity index (χ3n) is 4.47. The molecule has 20 heavy (non-hydrogen) atoms. The lowest BCUT2D eigenvalue weighted by Crippen LogP contribution is -2.26. The highest BCUT2D eigenvalue weighted by atomic mass is 32.1. The van der Waals surface area contributed by atoms with E-state index in [1.165, 1.54) is 22.2 Å². The number of hydrogen-bond donors (Lipinski definition) is 0. The zero-order chi connectivity index (χ0) is 13.9. The first-order chi connectivity index (χ1) is 9.54. The number of rotatable bonds is 0. The lowest BCUT2D eigenvalue weighted by molar-refractivity contribution is 0.218. The van der Waals surface area contributed by atoms with Crippen LogP contribution in [0.15, 0.2) is 6.33 Å². The number of aromatic nitrogens is 5. The van der Waals surface area contributed by atoms with E-state index in [4.69, 9.17) is 0 Å². The molecule has 0 aliphatic heterocycles. The maximum Gasteiger partial charge on any atom is 0.191 e. The summed E-state index contributed by atoms with van der Waals surface area (Å²) in [7, 11) is 0. The van der Waals surface area contributed by atoms with Crippen LogP contribution < -0.4 is 0 Å². The molecule has 6 heteroatoms. The molecule has 4 rings (SSSR count). The zero-order valence-electron chi connectivity index (χ0n) is 11.9. The van der Waals surface area contributed by atoms with E-state index >= 15 is 0 Å². The van der Waals surface area contributed by atoms with Crippen molar-refractivity contribution >= 4 is 27.2 Å². The van der Waals surface area contributed by atoms with Crippen LogP contribution in [0.1, 0.15) is 37.6 Å². The first kappa shape index (κ1) is 12.2. The molecule has 1 aliphatic carbocycles. The lowest BCUT2D eigenvalue weighted by Gasteiger charge is -2.33. The molecule has 0 spiro atoms. The number of tetrazole rings is 1. The Labute approximate surface area is 121 Å². The van der Waals surface area contributed by atoms with Crippen molar-refractivity contribution < 1.29 is 0 Å². The van der Waals surface area contributed by atoms with Gasteiger partial charge in [0.2, 0.25) is 0 Å². The van der Waals surface area contributed by atoms with Gasteiger partial charge in [0.1, 0.15) is 11.2 Å². The number of fused-ring (bicyclic) bond motifs is 5. The minimum atomic E-state index is 0.368. The summed E-state index contributed by atoms with van der Waals surface area (Å²) in [4.78, 5) is 7.07. The Morgan fingerprint density at radius 2 is 2.20 bits per heavy atom. The van der Waals surface area contributed by atoms with Gasteiger partial charge in [-0.3, -0.25) is 0 Å². The van der Waals surface area contributed by atoms with Gasteiger partial charge in [-0.25, -0.2) is 4.98 Å². The number of thiophene rings is 1. The zero-order valence-corrected chi connectivity index (χ0v) is 12.7. The summed E-state index contributed by atoms with van der Waals surface area (Å²) in [6, 6.07) is 0. The second kappa shape index (κ2) is 3.97. The van der Waals surface area contributed by atoms with E-state index in [9.17, 15) is 0 Å². The molecule has 3 heterocycles. The van der Waals surface area contributed by atoms with Crippen molar-refractivity contribution in [3.8, 4) is 0 Å². The monoisotopic (exact) mass is 287 g/mol. The summed E-state index contributed by atoms with van der Waals surface area (Å²) < 4.78 is 1.67. The van der Waals surface area contributed by atoms with Crippen molar-refractivity contribution in [3.63, 3.8) is 0 Å². The van der Waals surface area contributed by atoms with E-state index in [-0.39, 0.29) is 0 Å². The molecule has 3 aromatic heterocycles. The van der Waals surface area contributed by atoms with Crippen LogP contribution >= 0.6 is 11.3 Å². The highest BCUT2D eigenvalue weighted by molar-refractivity contribution is 7.19. The minimum absolute atomic E-state index is 0.368. The second-order valence-corrected chi connectivity index (χ2v) is 7.76. The van der Waals surface area contributed by atoms with Gasteiger partial charge in [0.05, 0.1) is 5.39 Å². The molecule has 1 atom stereocenters. The molecule has 0 bridgehead atoms. The predicted molar refractivity (Wildman–Crippen MR) is 78.9 cm³/mol. The van der Waals surface area contributed by atoms with E-state index in [0.717, 1.165) is 29.2 Å². The number of nitrogens with zero attached hydrogens (tertiary/aromatic N) is 5. The van der Waals surface area contributed by atoms with Gasteiger partial charge in [-0.15, -0.1) is 16.4 Å². The van der Waals surface area contributed by atoms with Crippen LogP contribution in [-0.4, -0.2) is 25.0 Å². The van der Waals surface area contributed by atoms with Crippen LogP contribution in [0.25, 0.3) is 15.9 Å². The topological polar surface area (TPSA) is 56.0 Å². The first-order valence-electron chi connectivity index (χ1n) is 7.01. The quantitative estimate of drug-likeness (QED) is 0.638. The fourth-order valence-corrected chi connectivity index (χ4v) is 4.44. The molecule has 0 aromatic carbocycles. The maximum atomic E-state index is 4.51. The summed E-state index contributed by atoms with van der Waals surface area (Å²) in [6.07, 6.45) is 5.23. The number of aryl methyl sites for hydroxylation is 1. The van der Waals surface area contributed by atoms with Gasteiger partial charge in [-0.1, -0.05) is 20.8 Å². The average molecular weight is 287 g/mol. The molecular weight excluding hydrogens is 270 g/mol. The van der Waals surface area contributed by atoms with Crippen LogP contribution in [0.2, 0.25) is 0 Å². The Bertz CT molecular complexity index is 795. The fraction of sp³-hybridized carbons (Fsp3) is 0.571. The Kier molecular flexibility index (Phi) is 2.42. The fourth-order valence-electron chi connectivity index (χ4n) is 3.18. The van der Waals surface area contributed by atoms with E-state index in [1.54, 1.807) is 10.8 Å². The van der Waals surface area contributed by atoms with E-state index in [0.29, 0.717) is 5.41 Å². The SMILES string of the molecule is CC(C)(C)[C@@H]1CCc2c(sc3ncn4nnnc4c23)C1. The van der Waals surface area contributed by atoms with Gasteiger partial charge < -0.3 is 0 Å². The molecule has 0 fully saturated rings. The van der Waals surface area contributed by atoms with Gasteiger partial charge >= 0.3 is 0 Å². The molecular formula is C14H17N5S.